The van der Waals surface area contributed by atoms with Gasteiger partial charge in [0.2, 0.25) is 0 Å². The van der Waals surface area contributed by atoms with E-state index in [9.17, 15) is 4.79 Å². The Morgan fingerprint density at radius 1 is 1.29 bits per heavy atom. The predicted octanol–water partition coefficient (Wildman–Crippen LogP) is 3.62. The molecule has 1 unspecified atom stereocenters. The maximum atomic E-state index is 12.1. The van der Waals surface area contributed by atoms with Crippen LogP contribution in [0.2, 0.25) is 0 Å². The van der Waals surface area contributed by atoms with Crippen molar-refractivity contribution >= 4 is 11.7 Å². The monoisotopic (exact) mass is 288 g/mol. The topological polar surface area (TPSA) is 63.5 Å². The molecule has 0 spiro atoms. The van der Waals surface area contributed by atoms with Gasteiger partial charge in [0.25, 0.3) is 0 Å². The number of nitrogens with one attached hydrogen (secondary N) is 2. The van der Waals surface area contributed by atoms with Gasteiger partial charge < -0.3 is 19.8 Å². The number of furan rings is 1. The first kappa shape index (κ1) is 15.1. The fourth-order valence-electron chi connectivity index (χ4n) is 2.04. The van der Waals surface area contributed by atoms with Crippen LogP contribution < -0.4 is 10.6 Å². The maximum Gasteiger partial charge on any atom is 0.319 e. The molecule has 0 aliphatic rings. The van der Waals surface area contributed by atoms with Crippen LogP contribution in [0.25, 0.3) is 0 Å². The number of hydrogen-bond acceptors (Lipinski definition) is 3. The van der Waals surface area contributed by atoms with Crippen molar-refractivity contribution in [3.05, 3.63) is 53.5 Å². The van der Waals surface area contributed by atoms with Gasteiger partial charge >= 0.3 is 6.03 Å². The van der Waals surface area contributed by atoms with Gasteiger partial charge in [-0.25, -0.2) is 4.79 Å². The molecule has 1 aromatic carbocycles. The summed E-state index contributed by atoms with van der Waals surface area (Å²) in [6, 6.07) is 10.8. The molecule has 0 radical (unpaired) electrons. The Labute approximate surface area is 124 Å². The molecule has 2 aromatic rings. The minimum Gasteiger partial charge on any atom is -0.464 e. The van der Waals surface area contributed by atoms with E-state index in [1.54, 1.807) is 7.11 Å². The number of anilines is 1. The molecule has 5 nitrogen and oxygen atoms in total. The summed E-state index contributed by atoms with van der Waals surface area (Å²) >= 11 is 0. The number of hydrogen-bond donors (Lipinski definition) is 2. The second kappa shape index (κ2) is 6.95. The van der Waals surface area contributed by atoms with Crippen molar-refractivity contribution in [2.45, 2.75) is 26.5 Å². The van der Waals surface area contributed by atoms with Crippen LogP contribution in [0.3, 0.4) is 0 Å². The highest BCUT2D eigenvalue weighted by atomic mass is 16.5. The summed E-state index contributed by atoms with van der Waals surface area (Å²) < 4.78 is 10.6. The van der Waals surface area contributed by atoms with Crippen molar-refractivity contribution in [2.24, 2.45) is 0 Å². The summed E-state index contributed by atoms with van der Waals surface area (Å²) in [4.78, 5) is 12.1. The van der Waals surface area contributed by atoms with Gasteiger partial charge in [-0.3, -0.25) is 0 Å². The van der Waals surface area contributed by atoms with E-state index in [0.29, 0.717) is 6.61 Å². The highest BCUT2D eigenvalue weighted by Gasteiger charge is 2.13. The molecule has 5 heteroatoms. The number of carbonyl (C=O) groups excluding carboxylic acids is 1. The summed E-state index contributed by atoms with van der Waals surface area (Å²) in [5, 5.41) is 5.67. The molecule has 0 saturated heterocycles. The van der Waals surface area contributed by atoms with Gasteiger partial charge in [0.1, 0.15) is 11.5 Å². The lowest BCUT2D eigenvalue weighted by atomic mass is 10.2. The Hall–Kier alpha value is -2.27. The van der Waals surface area contributed by atoms with Gasteiger partial charge in [0.15, 0.2) is 0 Å². The summed E-state index contributed by atoms with van der Waals surface area (Å²) in [5.74, 6) is 1.55. The van der Waals surface area contributed by atoms with Gasteiger partial charge in [-0.2, -0.15) is 0 Å². The lowest BCUT2D eigenvalue weighted by Gasteiger charge is -2.14. The molecule has 1 aromatic heterocycles. The highest BCUT2D eigenvalue weighted by molar-refractivity contribution is 5.90. The first-order valence-electron chi connectivity index (χ1n) is 6.81. The summed E-state index contributed by atoms with van der Waals surface area (Å²) in [6.07, 6.45) is 0. The summed E-state index contributed by atoms with van der Waals surface area (Å²) in [5.41, 5.74) is 1.66. The predicted molar refractivity (Wildman–Crippen MR) is 81.2 cm³/mol. The molecule has 0 aliphatic heterocycles. The average molecular weight is 288 g/mol. The third kappa shape index (κ3) is 4.10. The minimum absolute atomic E-state index is 0.201. The Balaban J connectivity index is 1.98. The zero-order chi connectivity index (χ0) is 15.2. The zero-order valence-electron chi connectivity index (χ0n) is 12.5. The Kier molecular flexibility index (Phi) is 5.00. The first-order chi connectivity index (χ1) is 10.1. The number of methoxy groups -OCH3 is 1. The lowest BCUT2D eigenvalue weighted by Crippen LogP contribution is -2.31. The average Bonchev–Trinajstić information content (AvgIpc) is 2.88. The van der Waals surface area contributed by atoms with Gasteiger partial charge in [0, 0.05) is 18.4 Å². The fourth-order valence-corrected chi connectivity index (χ4v) is 2.04. The molecule has 2 rings (SSSR count). The van der Waals surface area contributed by atoms with E-state index in [2.05, 4.69) is 10.6 Å². The van der Waals surface area contributed by atoms with E-state index in [0.717, 1.165) is 22.8 Å². The second-order valence-corrected chi connectivity index (χ2v) is 4.86. The van der Waals surface area contributed by atoms with E-state index in [1.807, 2.05) is 50.2 Å². The largest absolute Gasteiger partial charge is 0.464 e. The second-order valence-electron chi connectivity index (χ2n) is 4.86. The first-order valence-corrected chi connectivity index (χ1v) is 6.81. The van der Waals surface area contributed by atoms with E-state index in [4.69, 9.17) is 9.15 Å². The van der Waals surface area contributed by atoms with Crippen LogP contribution in [-0.2, 0) is 11.3 Å². The number of para-hydroxylation sites is 1. The summed E-state index contributed by atoms with van der Waals surface area (Å²) in [6.45, 7) is 4.19. The molecule has 0 aliphatic carbocycles. The Morgan fingerprint density at radius 2 is 2.05 bits per heavy atom. The Bertz CT molecular complexity index is 607. The van der Waals surface area contributed by atoms with E-state index in [-0.39, 0.29) is 12.1 Å². The number of benzene rings is 1. The number of urea groups is 1. The van der Waals surface area contributed by atoms with E-state index < -0.39 is 0 Å². The van der Waals surface area contributed by atoms with Crippen LogP contribution in [0.15, 0.2) is 40.8 Å². The number of carbonyl (C=O) groups is 1. The van der Waals surface area contributed by atoms with Gasteiger partial charge in [-0.1, -0.05) is 18.2 Å². The molecule has 1 atom stereocenters. The van der Waals surface area contributed by atoms with Crippen molar-refractivity contribution in [3.8, 4) is 0 Å². The number of ether oxygens (including phenoxy) is 1. The van der Waals surface area contributed by atoms with Crippen molar-refractivity contribution in [2.75, 3.05) is 12.4 Å². The van der Waals surface area contributed by atoms with Crippen molar-refractivity contribution in [1.29, 1.82) is 0 Å². The van der Waals surface area contributed by atoms with Gasteiger partial charge in [0.05, 0.1) is 12.6 Å². The number of aryl methyl sites for hydroxylation is 1. The van der Waals surface area contributed by atoms with Crippen LogP contribution in [0, 0.1) is 6.92 Å². The quantitative estimate of drug-likeness (QED) is 0.883. The van der Waals surface area contributed by atoms with Crippen LogP contribution >= 0.6 is 0 Å². The fraction of sp³-hybridized carbons (Fsp3) is 0.312. The van der Waals surface area contributed by atoms with Crippen LogP contribution in [0.5, 0.6) is 0 Å². The Morgan fingerprint density at radius 3 is 2.71 bits per heavy atom. The number of rotatable bonds is 5. The molecule has 0 bridgehead atoms. The van der Waals surface area contributed by atoms with Crippen molar-refractivity contribution < 1.29 is 13.9 Å². The van der Waals surface area contributed by atoms with Crippen LogP contribution in [0.4, 0.5) is 10.5 Å². The smallest absolute Gasteiger partial charge is 0.319 e. The molecule has 2 N–H and O–H groups in total. The standard InChI is InChI=1S/C16H20N2O3/c1-11-8-9-15(21-11)12(2)17-16(19)18-14-7-5-4-6-13(14)10-20-3/h4-9,12H,10H2,1-3H3,(H2,17,18,19). The third-order valence-electron chi connectivity index (χ3n) is 3.10. The lowest BCUT2D eigenvalue weighted by molar-refractivity contribution is 0.185. The molecule has 1 heterocycles. The summed E-state index contributed by atoms with van der Waals surface area (Å²) in [7, 11) is 1.62. The maximum absolute atomic E-state index is 12.1. The molecule has 0 saturated carbocycles. The molecule has 112 valence electrons. The highest BCUT2D eigenvalue weighted by Crippen LogP contribution is 2.18. The SMILES string of the molecule is COCc1ccccc1NC(=O)NC(C)c1ccc(C)o1. The minimum atomic E-state index is -0.278. The van der Waals surface area contributed by atoms with E-state index in [1.165, 1.54) is 0 Å². The molecule has 2 amide bonds. The van der Waals surface area contributed by atoms with E-state index >= 15 is 0 Å². The molecular formula is C16H20N2O3. The molecule has 0 fully saturated rings. The van der Waals surface area contributed by atoms with Gasteiger partial charge in [-0.05, 0) is 32.0 Å². The number of amides is 2. The van der Waals surface area contributed by atoms with Crippen LogP contribution in [0.1, 0.15) is 30.0 Å². The normalized spacial score (nSPS) is 12.0. The zero-order valence-corrected chi connectivity index (χ0v) is 12.5. The van der Waals surface area contributed by atoms with Crippen LogP contribution in [-0.4, -0.2) is 13.1 Å². The van der Waals surface area contributed by atoms with Crippen molar-refractivity contribution in [3.63, 3.8) is 0 Å². The van der Waals surface area contributed by atoms with Gasteiger partial charge in [-0.15, -0.1) is 0 Å². The molecular weight excluding hydrogens is 268 g/mol. The molecule has 21 heavy (non-hydrogen) atoms. The third-order valence-corrected chi connectivity index (χ3v) is 3.10. The van der Waals surface area contributed by atoms with Crippen molar-refractivity contribution in [1.82, 2.24) is 5.32 Å².